The lowest BCUT2D eigenvalue weighted by Gasteiger charge is -2.03. The number of halogens is 2. The molecule has 3 aromatic rings. The number of esters is 2. The molecule has 0 atom stereocenters. The number of aromatic nitrogens is 1. The highest BCUT2D eigenvalue weighted by Crippen LogP contribution is 2.26. The van der Waals surface area contributed by atoms with Crippen LogP contribution in [-0.4, -0.2) is 30.1 Å². The molecule has 34 heavy (non-hydrogen) atoms. The molecule has 2 aromatic carbocycles. The van der Waals surface area contributed by atoms with Crippen LogP contribution in [0.15, 0.2) is 56.2 Å². The second kappa shape index (κ2) is 13.0. The van der Waals surface area contributed by atoms with Gasteiger partial charge in [0.15, 0.2) is 0 Å². The molecule has 1 aromatic heterocycles. The number of fused-ring (bicyclic) bond motifs is 1. The lowest BCUT2D eigenvalue weighted by molar-refractivity contribution is -0.138. The number of aryl methyl sites for hydroxylation is 2. The SMILES string of the molecule is CCOC(=O)/C(=C/c1ccc(C)cc1Br)N=[N+]=[N-].CCOC(=O)c1cc2c(Br)cc(C)cc2[nH]1. The second-order valence-electron chi connectivity index (χ2n) is 7.08. The van der Waals surface area contributed by atoms with Crippen LogP contribution in [0.2, 0.25) is 0 Å². The molecule has 0 aliphatic carbocycles. The highest BCUT2D eigenvalue weighted by Gasteiger charge is 2.12. The number of nitrogens with zero attached hydrogens (tertiary/aromatic N) is 3. The van der Waals surface area contributed by atoms with E-state index < -0.39 is 5.97 Å². The molecule has 0 unspecified atom stereocenters. The monoisotopic (exact) mass is 590 g/mol. The summed E-state index contributed by atoms with van der Waals surface area (Å²) in [4.78, 5) is 28.8. The maximum absolute atomic E-state index is 11.5. The fraction of sp³-hybridized carbons (Fsp3) is 0.250. The molecule has 0 fully saturated rings. The third-order valence-electron chi connectivity index (χ3n) is 4.41. The molecule has 10 heteroatoms. The summed E-state index contributed by atoms with van der Waals surface area (Å²) in [6.45, 7) is 8.06. The smallest absolute Gasteiger partial charge is 0.354 e. The molecule has 3 rings (SSSR count). The fourth-order valence-corrected chi connectivity index (χ4v) is 4.22. The number of rotatable bonds is 6. The van der Waals surface area contributed by atoms with Crippen LogP contribution in [0.3, 0.4) is 0 Å². The van der Waals surface area contributed by atoms with Gasteiger partial charge in [-0.25, -0.2) is 9.59 Å². The highest BCUT2D eigenvalue weighted by atomic mass is 79.9. The molecule has 0 bridgehead atoms. The van der Waals surface area contributed by atoms with E-state index in [0.717, 1.165) is 36.5 Å². The fourth-order valence-electron chi connectivity index (χ4n) is 2.93. The number of carbonyl (C=O) groups excluding carboxylic acids is 2. The van der Waals surface area contributed by atoms with Crippen molar-refractivity contribution >= 4 is 60.8 Å². The maximum atomic E-state index is 11.5. The molecular formula is C24H24Br2N4O4. The third-order valence-corrected chi connectivity index (χ3v) is 5.76. The van der Waals surface area contributed by atoms with Gasteiger partial charge in [0.25, 0.3) is 0 Å². The van der Waals surface area contributed by atoms with Crippen LogP contribution in [0.25, 0.3) is 27.4 Å². The molecule has 1 heterocycles. The zero-order chi connectivity index (χ0) is 25.3. The van der Waals surface area contributed by atoms with Crippen LogP contribution in [0.5, 0.6) is 0 Å². The van der Waals surface area contributed by atoms with Gasteiger partial charge in [-0.3, -0.25) is 0 Å². The van der Waals surface area contributed by atoms with E-state index in [0.29, 0.717) is 12.3 Å². The van der Waals surface area contributed by atoms with Gasteiger partial charge in [0.2, 0.25) is 0 Å². The quantitative estimate of drug-likeness (QED) is 0.106. The van der Waals surface area contributed by atoms with E-state index in [-0.39, 0.29) is 18.3 Å². The molecule has 0 aliphatic rings. The predicted octanol–water partition coefficient (Wildman–Crippen LogP) is 7.39. The van der Waals surface area contributed by atoms with Crippen molar-refractivity contribution in [3.63, 3.8) is 0 Å². The molecule has 0 saturated heterocycles. The number of carbonyl (C=O) groups is 2. The van der Waals surface area contributed by atoms with Crippen LogP contribution in [0.4, 0.5) is 0 Å². The molecule has 0 radical (unpaired) electrons. The van der Waals surface area contributed by atoms with Gasteiger partial charge in [-0.2, -0.15) is 0 Å². The Kier molecular flexibility index (Phi) is 10.4. The molecule has 0 amide bonds. The van der Waals surface area contributed by atoms with Crippen molar-refractivity contribution in [3.8, 4) is 0 Å². The molecule has 0 aliphatic heterocycles. The van der Waals surface area contributed by atoms with Gasteiger partial charge in [-0.05, 0) is 80.3 Å². The minimum absolute atomic E-state index is 0.0658. The minimum atomic E-state index is -0.636. The van der Waals surface area contributed by atoms with Crippen molar-refractivity contribution in [3.05, 3.63) is 83.9 Å². The lowest BCUT2D eigenvalue weighted by atomic mass is 10.1. The summed E-state index contributed by atoms with van der Waals surface area (Å²) >= 11 is 6.86. The first-order chi connectivity index (χ1) is 16.2. The number of azide groups is 1. The van der Waals surface area contributed by atoms with Crippen molar-refractivity contribution in [2.75, 3.05) is 13.2 Å². The Labute approximate surface area is 214 Å². The van der Waals surface area contributed by atoms with E-state index in [1.165, 1.54) is 6.08 Å². The number of hydrogen-bond donors (Lipinski definition) is 1. The number of nitrogens with one attached hydrogen (secondary N) is 1. The van der Waals surface area contributed by atoms with Crippen molar-refractivity contribution in [2.45, 2.75) is 27.7 Å². The Balaban J connectivity index is 0.000000241. The number of ether oxygens (including phenoxy) is 2. The topological polar surface area (TPSA) is 117 Å². The van der Waals surface area contributed by atoms with E-state index in [2.05, 4.69) is 46.9 Å². The number of hydrogen-bond acceptors (Lipinski definition) is 5. The Morgan fingerprint density at radius 1 is 1.03 bits per heavy atom. The average molecular weight is 592 g/mol. The zero-order valence-electron chi connectivity index (χ0n) is 19.2. The van der Waals surface area contributed by atoms with Crippen LogP contribution in [0.1, 0.15) is 41.0 Å². The van der Waals surface area contributed by atoms with Crippen LogP contribution < -0.4 is 0 Å². The Hall–Kier alpha value is -3.07. The van der Waals surface area contributed by atoms with Gasteiger partial charge in [0, 0.05) is 24.8 Å². The Bertz CT molecular complexity index is 1280. The van der Waals surface area contributed by atoms with E-state index in [1.54, 1.807) is 19.9 Å². The number of aromatic amines is 1. The Morgan fingerprint density at radius 3 is 2.32 bits per heavy atom. The van der Waals surface area contributed by atoms with Crippen LogP contribution in [0, 0.1) is 13.8 Å². The highest BCUT2D eigenvalue weighted by molar-refractivity contribution is 9.11. The van der Waals surface area contributed by atoms with Gasteiger partial charge in [-0.1, -0.05) is 49.1 Å². The van der Waals surface area contributed by atoms with E-state index in [4.69, 9.17) is 15.0 Å². The summed E-state index contributed by atoms with van der Waals surface area (Å²) in [5, 5.41) is 4.34. The minimum Gasteiger partial charge on any atom is -0.462 e. The molecule has 8 nitrogen and oxygen atoms in total. The summed E-state index contributed by atoms with van der Waals surface area (Å²) in [7, 11) is 0. The zero-order valence-corrected chi connectivity index (χ0v) is 22.4. The summed E-state index contributed by atoms with van der Waals surface area (Å²) in [5.41, 5.74) is 12.8. The van der Waals surface area contributed by atoms with Crippen molar-refractivity contribution in [1.29, 1.82) is 0 Å². The molecule has 0 spiro atoms. The van der Waals surface area contributed by atoms with Gasteiger partial charge >= 0.3 is 11.9 Å². The standard InChI is InChI=1S/C12H12BrN3O2.C12H12BrNO2/c1-3-18-12(17)11(15-16-14)7-9-5-4-8(2)6-10(9)13;1-3-16-12(15)11-6-8-9(13)4-7(2)5-10(8)14-11/h4-7H,3H2,1-2H3;4-6,14H,3H2,1-2H3/b11-7-;. The first-order valence-corrected chi connectivity index (χ1v) is 11.9. The van der Waals surface area contributed by atoms with Crippen molar-refractivity contribution in [1.82, 2.24) is 4.98 Å². The van der Waals surface area contributed by atoms with E-state index in [9.17, 15) is 9.59 Å². The summed E-state index contributed by atoms with van der Waals surface area (Å²) < 4.78 is 11.5. The van der Waals surface area contributed by atoms with Gasteiger partial charge in [0.05, 0.1) is 13.2 Å². The van der Waals surface area contributed by atoms with Crippen LogP contribution in [-0.2, 0) is 14.3 Å². The maximum Gasteiger partial charge on any atom is 0.354 e. The first-order valence-electron chi connectivity index (χ1n) is 10.4. The van der Waals surface area contributed by atoms with E-state index >= 15 is 0 Å². The number of H-pyrrole nitrogens is 1. The van der Waals surface area contributed by atoms with E-state index in [1.807, 2.05) is 44.2 Å². The third kappa shape index (κ3) is 7.48. The molecule has 0 saturated carbocycles. The number of benzene rings is 2. The predicted molar refractivity (Wildman–Crippen MR) is 139 cm³/mol. The summed E-state index contributed by atoms with van der Waals surface area (Å²) in [5.74, 6) is -0.953. The summed E-state index contributed by atoms with van der Waals surface area (Å²) in [6.07, 6.45) is 1.49. The van der Waals surface area contributed by atoms with Crippen molar-refractivity contribution in [2.24, 2.45) is 5.11 Å². The van der Waals surface area contributed by atoms with Gasteiger partial charge in [0.1, 0.15) is 11.4 Å². The molecule has 178 valence electrons. The van der Waals surface area contributed by atoms with Gasteiger partial charge in [-0.15, -0.1) is 0 Å². The Morgan fingerprint density at radius 2 is 1.71 bits per heavy atom. The normalized spacial score (nSPS) is 10.7. The van der Waals surface area contributed by atoms with Gasteiger partial charge < -0.3 is 14.5 Å². The lowest BCUT2D eigenvalue weighted by Crippen LogP contribution is -2.05. The molecule has 1 N–H and O–H groups in total. The second-order valence-corrected chi connectivity index (χ2v) is 8.78. The average Bonchev–Trinajstić information content (AvgIpc) is 3.20. The largest absolute Gasteiger partial charge is 0.462 e. The van der Waals surface area contributed by atoms with Crippen molar-refractivity contribution < 1.29 is 19.1 Å². The summed E-state index contributed by atoms with van der Waals surface area (Å²) in [6, 6.07) is 11.5. The first kappa shape index (κ1) is 27.2. The molecular weight excluding hydrogens is 568 g/mol. The van der Waals surface area contributed by atoms with Crippen LogP contribution >= 0.6 is 31.9 Å².